The van der Waals surface area contributed by atoms with Crippen molar-refractivity contribution in [2.45, 2.75) is 32.2 Å². The van der Waals surface area contributed by atoms with E-state index in [0.29, 0.717) is 6.04 Å². The van der Waals surface area contributed by atoms with Gasteiger partial charge in [-0.2, -0.15) is 0 Å². The first-order valence-corrected chi connectivity index (χ1v) is 9.32. The van der Waals surface area contributed by atoms with Crippen LogP contribution in [0.5, 0.6) is 0 Å². The van der Waals surface area contributed by atoms with E-state index in [1.807, 2.05) is 54.1 Å². The molecule has 7 nitrogen and oxygen atoms in total. The highest BCUT2D eigenvalue weighted by Gasteiger charge is 2.28. The van der Waals surface area contributed by atoms with Crippen LogP contribution in [0.15, 0.2) is 53.1 Å². The summed E-state index contributed by atoms with van der Waals surface area (Å²) in [7, 11) is 0. The molecule has 2 aromatic heterocycles. The van der Waals surface area contributed by atoms with Crippen molar-refractivity contribution >= 4 is 22.6 Å². The number of carbonyl (C=O) groups excluding carboxylic acids is 1. The number of hydrogen-bond acceptors (Lipinski definition) is 5. The van der Waals surface area contributed by atoms with Crippen LogP contribution in [0.1, 0.15) is 30.0 Å². The van der Waals surface area contributed by atoms with Crippen molar-refractivity contribution in [3.63, 3.8) is 0 Å². The number of tetrazole rings is 1. The minimum absolute atomic E-state index is 0.0952. The molecule has 0 spiro atoms. The molecule has 0 unspecified atom stereocenters. The van der Waals surface area contributed by atoms with Gasteiger partial charge in [-0.05, 0) is 54.0 Å². The molecule has 0 radical (unpaired) electrons. The van der Waals surface area contributed by atoms with E-state index in [-0.39, 0.29) is 12.3 Å². The normalized spacial score (nSPS) is 13.8. The summed E-state index contributed by atoms with van der Waals surface area (Å²) in [4.78, 5) is 12.6. The zero-order valence-corrected chi connectivity index (χ0v) is 15.4. The fourth-order valence-corrected chi connectivity index (χ4v) is 3.39. The topological polar surface area (TPSA) is 85.8 Å². The van der Waals surface area contributed by atoms with E-state index in [1.165, 1.54) is 0 Å². The summed E-state index contributed by atoms with van der Waals surface area (Å²) in [5.74, 6) is 0.636. The van der Waals surface area contributed by atoms with Crippen molar-refractivity contribution in [3.05, 3.63) is 59.9 Å². The number of fused-ring (bicyclic) bond motifs is 1. The molecule has 1 aliphatic rings. The minimum atomic E-state index is -0.0952. The first-order chi connectivity index (χ1) is 13.7. The largest absolute Gasteiger partial charge is 0.464 e. The summed E-state index contributed by atoms with van der Waals surface area (Å²) >= 11 is 0. The molecule has 1 amide bonds. The summed E-state index contributed by atoms with van der Waals surface area (Å²) in [6.45, 7) is 2.01. The third-order valence-corrected chi connectivity index (χ3v) is 4.95. The molecular formula is C21H19N5O2. The number of rotatable bonds is 5. The lowest BCUT2D eigenvalue weighted by Crippen LogP contribution is -2.14. The van der Waals surface area contributed by atoms with Crippen LogP contribution >= 0.6 is 0 Å². The molecule has 140 valence electrons. The third-order valence-electron chi connectivity index (χ3n) is 4.95. The van der Waals surface area contributed by atoms with Crippen LogP contribution < -0.4 is 5.32 Å². The second-order valence-electron chi connectivity index (χ2n) is 7.24. The van der Waals surface area contributed by atoms with Gasteiger partial charge in [-0.1, -0.05) is 24.3 Å². The van der Waals surface area contributed by atoms with Crippen LogP contribution in [0.3, 0.4) is 0 Å². The maximum absolute atomic E-state index is 12.6. The average molecular weight is 373 g/mol. The van der Waals surface area contributed by atoms with Gasteiger partial charge in [0.25, 0.3) is 0 Å². The standard InChI is InChI=1S/C21H19N5O2/c1-13-5-8-18-15(12-28-19(18)9-13)11-20(27)22-16-4-2-3-14(10-16)21-23-24-25-26(21)17-6-7-17/h2-5,8-10,12,17H,6-7,11H2,1H3,(H,22,27). The van der Waals surface area contributed by atoms with Crippen molar-refractivity contribution in [1.29, 1.82) is 0 Å². The lowest BCUT2D eigenvalue weighted by molar-refractivity contribution is -0.115. The van der Waals surface area contributed by atoms with Gasteiger partial charge in [0.1, 0.15) is 5.58 Å². The number of carbonyl (C=O) groups is 1. The summed E-state index contributed by atoms with van der Waals surface area (Å²) in [6, 6.07) is 14.0. The van der Waals surface area contributed by atoms with E-state index in [9.17, 15) is 4.79 Å². The van der Waals surface area contributed by atoms with Crippen LogP contribution in [0.2, 0.25) is 0 Å². The van der Waals surface area contributed by atoms with Gasteiger partial charge >= 0.3 is 0 Å². The lowest BCUT2D eigenvalue weighted by atomic mass is 10.1. The number of anilines is 1. The molecule has 4 aromatic rings. The number of nitrogens with one attached hydrogen (secondary N) is 1. The number of aryl methyl sites for hydroxylation is 1. The Morgan fingerprint density at radius 3 is 3.00 bits per heavy atom. The van der Waals surface area contributed by atoms with E-state index in [1.54, 1.807) is 6.26 Å². The Hall–Kier alpha value is -3.48. The van der Waals surface area contributed by atoms with Gasteiger partial charge in [0, 0.05) is 22.2 Å². The van der Waals surface area contributed by atoms with Crippen molar-refractivity contribution in [2.75, 3.05) is 5.32 Å². The van der Waals surface area contributed by atoms with Gasteiger partial charge in [0.05, 0.1) is 18.7 Å². The number of hydrogen-bond donors (Lipinski definition) is 1. The summed E-state index contributed by atoms with van der Waals surface area (Å²) in [5.41, 5.74) is 4.41. The van der Waals surface area contributed by atoms with E-state index >= 15 is 0 Å². The van der Waals surface area contributed by atoms with Gasteiger partial charge in [0.15, 0.2) is 5.82 Å². The van der Waals surface area contributed by atoms with Crippen LogP contribution in [0.4, 0.5) is 5.69 Å². The molecule has 2 heterocycles. The SMILES string of the molecule is Cc1ccc2c(CC(=O)Nc3cccc(-c4nnnn4C4CC4)c3)coc2c1. The average Bonchev–Trinajstić information content (AvgIpc) is 3.28. The van der Waals surface area contributed by atoms with E-state index < -0.39 is 0 Å². The van der Waals surface area contributed by atoms with Crippen molar-refractivity contribution in [2.24, 2.45) is 0 Å². The van der Waals surface area contributed by atoms with Crippen LogP contribution in [0, 0.1) is 6.92 Å². The van der Waals surface area contributed by atoms with Crippen LogP contribution in [-0.4, -0.2) is 26.1 Å². The van der Waals surface area contributed by atoms with Gasteiger partial charge in [0.2, 0.25) is 5.91 Å². The highest BCUT2D eigenvalue weighted by atomic mass is 16.3. The molecular weight excluding hydrogens is 354 g/mol. The van der Waals surface area contributed by atoms with E-state index in [4.69, 9.17) is 4.42 Å². The first kappa shape index (κ1) is 16.7. The van der Waals surface area contributed by atoms with Gasteiger partial charge in [-0.15, -0.1) is 5.10 Å². The number of furan rings is 1. The second kappa shape index (κ2) is 6.60. The molecule has 0 atom stereocenters. The van der Waals surface area contributed by atoms with E-state index in [2.05, 4.69) is 20.8 Å². The minimum Gasteiger partial charge on any atom is -0.464 e. The summed E-state index contributed by atoms with van der Waals surface area (Å²) in [6.07, 6.45) is 4.11. The summed E-state index contributed by atoms with van der Waals surface area (Å²) in [5, 5.41) is 16.0. The Labute approximate surface area is 161 Å². The second-order valence-corrected chi connectivity index (χ2v) is 7.24. The zero-order valence-electron chi connectivity index (χ0n) is 15.4. The fraction of sp³-hybridized carbons (Fsp3) is 0.238. The predicted octanol–water partition coefficient (Wildman–Crippen LogP) is 3.91. The van der Waals surface area contributed by atoms with Gasteiger partial charge in [-0.25, -0.2) is 4.68 Å². The highest BCUT2D eigenvalue weighted by molar-refractivity contribution is 5.95. The van der Waals surface area contributed by atoms with Crippen molar-refractivity contribution in [3.8, 4) is 11.4 Å². The molecule has 0 aliphatic heterocycles. The molecule has 1 aliphatic carbocycles. The molecule has 28 heavy (non-hydrogen) atoms. The quantitative estimate of drug-likeness (QED) is 0.573. The Morgan fingerprint density at radius 2 is 2.14 bits per heavy atom. The Morgan fingerprint density at radius 1 is 1.25 bits per heavy atom. The Bertz CT molecular complexity index is 1170. The highest BCUT2D eigenvalue weighted by Crippen LogP contribution is 2.36. The maximum Gasteiger partial charge on any atom is 0.228 e. The number of benzene rings is 2. The summed E-state index contributed by atoms with van der Waals surface area (Å²) < 4.78 is 7.45. The molecule has 1 N–H and O–H groups in total. The molecule has 1 fully saturated rings. The molecule has 5 rings (SSSR count). The van der Waals surface area contributed by atoms with Crippen LogP contribution in [0.25, 0.3) is 22.4 Å². The monoisotopic (exact) mass is 373 g/mol. The lowest BCUT2D eigenvalue weighted by Gasteiger charge is -2.07. The number of aromatic nitrogens is 4. The van der Waals surface area contributed by atoms with Crippen molar-refractivity contribution in [1.82, 2.24) is 20.2 Å². The van der Waals surface area contributed by atoms with Crippen molar-refractivity contribution < 1.29 is 9.21 Å². The number of amides is 1. The zero-order chi connectivity index (χ0) is 19.1. The fourth-order valence-electron chi connectivity index (χ4n) is 3.39. The molecule has 2 aromatic carbocycles. The predicted molar refractivity (Wildman–Crippen MR) is 105 cm³/mol. The van der Waals surface area contributed by atoms with E-state index in [0.717, 1.165) is 52.0 Å². The molecule has 7 heteroatoms. The third kappa shape index (κ3) is 3.15. The molecule has 1 saturated carbocycles. The maximum atomic E-state index is 12.6. The van der Waals surface area contributed by atoms with Crippen LogP contribution in [-0.2, 0) is 11.2 Å². The van der Waals surface area contributed by atoms with Gasteiger partial charge < -0.3 is 9.73 Å². The Kier molecular flexibility index (Phi) is 3.93. The molecule has 0 bridgehead atoms. The molecule has 0 saturated heterocycles. The van der Waals surface area contributed by atoms with Gasteiger partial charge in [-0.3, -0.25) is 4.79 Å². The number of nitrogens with zero attached hydrogens (tertiary/aromatic N) is 4. The first-order valence-electron chi connectivity index (χ1n) is 9.32. The smallest absolute Gasteiger partial charge is 0.228 e. The Balaban J connectivity index is 1.34.